The second kappa shape index (κ2) is 8.19. The second-order valence-corrected chi connectivity index (χ2v) is 8.21. The number of hydrogen-bond donors (Lipinski definition) is 1. The molecule has 0 radical (unpaired) electrons. The number of nitrogens with zero attached hydrogens (tertiary/aromatic N) is 4. The molecule has 2 aromatic heterocycles. The molecule has 0 unspecified atom stereocenters. The van der Waals surface area contributed by atoms with E-state index in [9.17, 15) is 4.79 Å². The van der Waals surface area contributed by atoms with E-state index >= 15 is 0 Å². The number of carbonyl (C=O) groups is 1. The zero-order valence-electron chi connectivity index (χ0n) is 16.6. The number of carbonyl (C=O) groups excluding carboxylic acids is 1. The molecule has 1 saturated heterocycles. The van der Waals surface area contributed by atoms with E-state index in [4.69, 9.17) is 0 Å². The Labute approximate surface area is 165 Å². The van der Waals surface area contributed by atoms with E-state index in [0.29, 0.717) is 18.1 Å². The molecule has 3 aromatic rings. The third kappa shape index (κ3) is 4.28. The largest absolute Gasteiger partial charge is 0.303 e. The third-order valence-electron chi connectivity index (χ3n) is 5.49. The van der Waals surface area contributed by atoms with Gasteiger partial charge in [0.25, 0.3) is 0 Å². The highest BCUT2D eigenvalue weighted by Gasteiger charge is 2.25. The molecule has 4 rings (SSSR count). The maximum Gasteiger partial charge on any atom is 0.142 e. The average Bonchev–Trinajstić information content (AvgIpc) is 3.22. The summed E-state index contributed by atoms with van der Waals surface area (Å²) in [4.78, 5) is 15.3. The molecule has 0 atom stereocenters. The molecule has 0 bridgehead atoms. The fourth-order valence-electron chi connectivity index (χ4n) is 4.04. The highest BCUT2D eigenvalue weighted by atomic mass is 16.1. The first kappa shape index (κ1) is 18.7. The molecule has 0 amide bonds. The first-order valence-electron chi connectivity index (χ1n) is 10.1. The van der Waals surface area contributed by atoms with Gasteiger partial charge >= 0.3 is 0 Å². The van der Waals surface area contributed by atoms with E-state index < -0.39 is 0 Å². The predicted octanol–water partition coefficient (Wildman–Crippen LogP) is 3.50. The Morgan fingerprint density at radius 3 is 2.71 bits per heavy atom. The lowest BCUT2D eigenvalue weighted by Crippen LogP contribution is -2.38. The molecule has 1 N–H and O–H groups in total. The van der Waals surface area contributed by atoms with E-state index in [0.717, 1.165) is 60.2 Å². The summed E-state index contributed by atoms with van der Waals surface area (Å²) in [6.07, 6.45) is 5.94. The summed E-state index contributed by atoms with van der Waals surface area (Å²) in [5, 5.41) is 16.4. The Hall–Kier alpha value is -2.60. The fraction of sp³-hybridized carbons (Fsp3) is 0.455. The Balaban J connectivity index is 1.43. The maximum absolute atomic E-state index is 12.8. The van der Waals surface area contributed by atoms with Gasteiger partial charge in [-0.1, -0.05) is 19.9 Å². The van der Waals surface area contributed by atoms with Gasteiger partial charge in [-0.05, 0) is 55.6 Å². The third-order valence-corrected chi connectivity index (χ3v) is 5.49. The van der Waals surface area contributed by atoms with E-state index in [1.807, 2.05) is 24.4 Å². The summed E-state index contributed by atoms with van der Waals surface area (Å²) in [6, 6.07) is 8.04. The summed E-state index contributed by atoms with van der Waals surface area (Å²) in [5.74, 6) is 1.12. The minimum absolute atomic E-state index is 0.151. The van der Waals surface area contributed by atoms with E-state index in [1.54, 1.807) is 6.20 Å². The van der Waals surface area contributed by atoms with Crippen molar-refractivity contribution in [3.05, 3.63) is 42.4 Å². The van der Waals surface area contributed by atoms with Crippen LogP contribution in [0.4, 0.5) is 0 Å². The monoisotopic (exact) mass is 377 g/mol. The number of likely N-dealkylation sites (tertiary alicyclic amines) is 1. The van der Waals surface area contributed by atoms with E-state index in [2.05, 4.69) is 45.2 Å². The van der Waals surface area contributed by atoms with Gasteiger partial charge in [-0.25, -0.2) is 0 Å². The lowest BCUT2D eigenvalue weighted by molar-refractivity contribution is -0.123. The Morgan fingerprint density at radius 2 is 2.00 bits per heavy atom. The molecule has 1 fully saturated rings. The van der Waals surface area contributed by atoms with Crippen LogP contribution in [-0.2, 0) is 11.2 Å². The first-order chi connectivity index (χ1) is 13.6. The molecule has 6 nitrogen and oxygen atoms in total. The standard InChI is InChI=1S/C22H27N5O/c1-15(2)14-27-7-5-16(6-8-27)22(28)11-20-10-18-9-17(19-12-23-24-13-19)3-4-21(18)26-25-20/h3-4,9-10,12-13,15-16H,5-8,11,14H2,1-2H3,(H,23,24). The van der Waals surface area contributed by atoms with Gasteiger partial charge in [0.1, 0.15) is 5.78 Å². The summed E-state index contributed by atoms with van der Waals surface area (Å²) in [6.45, 7) is 7.65. The summed E-state index contributed by atoms with van der Waals surface area (Å²) in [7, 11) is 0. The van der Waals surface area contributed by atoms with Crippen molar-refractivity contribution in [2.24, 2.45) is 11.8 Å². The van der Waals surface area contributed by atoms with Crippen molar-refractivity contribution in [2.45, 2.75) is 33.1 Å². The number of Topliss-reactive ketones (excluding diaryl/α,β-unsaturated/α-hetero) is 1. The number of aromatic amines is 1. The van der Waals surface area contributed by atoms with Crippen LogP contribution in [0.3, 0.4) is 0 Å². The van der Waals surface area contributed by atoms with Crippen LogP contribution in [-0.4, -0.2) is 50.7 Å². The minimum Gasteiger partial charge on any atom is -0.303 e. The Kier molecular flexibility index (Phi) is 5.48. The van der Waals surface area contributed by atoms with Gasteiger partial charge in [0.05, 0.1) is 23.8 Å². The van der Waals surface area contributed by atoms with Crippen molar-refractivity contribution in [3.8, 4) is 11.1 Å². The molecule has 0 spiro atoms. The van der Waals surface area contributed by atoms with Crippen LogP contribution in [0, 0.1) is 11.8 Å². The number of nitrogens with one attached hydrogen (secondary N) is 1. The number of piperidine rings is 1. The topological polar surface area (TPSA) is 74.8 Å². The maximum atomic E-state index is 12.8. The van der Waals surface area contributed by atoms with Crippen LogP contribution in [0.5, 0.6) is 0 Å². The molecule has 3 heterocycles. The summed E-state index contributed by atoms with van der Waals surface area (Å²) in [5.41, 5.74) is 3.70. The molecule has 1 aliphatic rings. The number of aromatic nitrogens is 4. The molecule has 1 aromatic carbocycles. The number of benzene rings is 1. The zero-order chi connectivity index (χ0) is 19.5. The van der Waals surface area contributed by atoms with Crippen molar-refractivity contribution < 1.29 is 4.79 Å². The van der Waals surface area contributed by atoms with Gasteiger partial charge in [0.15, 0.2) is 0 Å². The molecule has 28 heavy (non-hydrogen) atoms. The summed E-state index contributed by atoms with van der Waals surface area (Å²) < 4.78 is 0. The molecule has 0 saturated carbocycles. The van der Waals surface area contributed by atoms with Gasteiger partial charge in [-0.2, -0.15) is 15.3 Å². The Bertz CT molecular complexity index is 943. The molecular formula is C22H27N5O. The first-order valence-corrected chi connectivity index (χ1v) is 10.1. The fourth-order valence-corrected chi connectivity index (χ4v) is 4.04. The average molecular weight is 377 g/mol. The number of fused-ring (bicyclic) bond motifs is 1. The number of ketones is 1. The van der Waals surface area contributed by atoms with Gasteiger partial charge in [-0.3, -0.25) is 9.89 Å². The highest BCUT2D eigenvalue weighted by molar-refractivity contribution is 5.86. The van der Waals surface area contributed by atoms with Crippen molar-refractivity contribution in [1.29, 1.82) is 0 Å². The number of hydrogen-bond acceptors (Lipinski definition) is 5. The van der Waals surface area contributed by atoms with Gasteiger partial charge in [0.2, 0.25) is 0 Å². The van der Waals surface area contributed by atoms with Gasteiger partial charge in [-0.15, -0.1) is 0 Å². The van der Waals surface area contributed by atoms with E-state index in [-0.39, 0.29) is 5.92 Å². The molecular weight excluding hydrogens is 350 g/mol. The minimum atomic E-state index is 0.151. The van der Waals surface area contributed by atoms with Crippen LogP contribution in [0.25, 0.3) is 22.0 Å². The van der Waals surface area contributed by atoms with Crippen LogP contribution >= 0.6 is 0 Å². The van der Waals surface area contributed by atoms with Crippen molar-refractivity contribution in [1.82, 2.24) is 25.3 Å². The Morgan fingerprint density at radius 1 is 1.18 bits per heavy atom. The van der Waals surface area contributed by atoms with Crippen LogP contribution < -0.4 is 0 Å². The van der Waals surface area contributed by atoms with Crippen LogP contribution in [0.2, 0.25) is 0 Å². The molecule has 1 aliphatic heterocycles. The SMILES string of the molecule is CC(C)CN1CCC(C(=O)Cc2cc3cc(-c4cn[nH]c4)ccc3nn2)CC1. The van der Waals surface area contributed by atoms with E-state index in [1.165, 1.54) is 0 Å². The smallest absolute Gasteiger partial charge is 0.142 e. The van der Waals surface area contributed by atoms with Crippen molar-refractivity contribution >= 4 is 16.7 Å². The normalized spacial score (nSPS) is 16.1. The van der Waals surface area contributed by atoms with Gasteiger partial charge in [0, 0.05) is 29.6 Å². The molecule has 146 valence electrons. The zero-order valence-corrected chi connectivity index (χ0v) is 16.6. The van der Waals surface area contributed by atoms with Crippen LogP contribution in [0.1, 0.15) is 32.4 Å². The number of H-pyrrole nitrogens is 1. The lowest BCUT2D eigenvalue weighted by atomic mass is 9.90. The number of rotatable bonds is 6. The second-order valence-electron chi connectivity index (χ2n) is 8.21. The quantitative estimate of drug-likeness (QED) is 0.712. The lowest BCUT2D eigenvalue weighted by Gasteiger charge is -2.32. The highest BCUT2D eigenvalue weighted by Crippen LogP contribution is 2.24. The predicted molar refractivity (Wildman–Crippen MR) is 110 cm³/mol. The van der Waals surface area contributed by atoms with Crippen molar-refractivity contribution in [3.63, 3.8) is 0 Å². The molecule has 6 heteroatoms. The van der Waals surface area contributed by atoms with Crippen molar-refractivity contribution in [2.75, 3.05) is 19.6 Å². The summed E-state index contributed by atoms with van der Waals surface area (Å²) >= 11 is 0. The van der Waals surface area contributed by atoms with Gasteiger partial charge < -0.3 is 4.90 Å². The van der Waals surface area contributed by atoms with Crippen LogP contribution in [0.15, 0.2) is 36.7 Å². The molecule has 0 aliphatic carbocycles.